The van der Waals surface area contributed by atoms with Crippen LogP contribution in [-0.4, -0.2) is 14.1 Å². The van der Waals surface area contributed by atoms with E-state index in [0.717, 1.165) is 17.8 Å². The van der Waals surface area contributed by atoms with Crippen LogP contribution in [0.4, 0.5) is 11.4 Å². The van der Waals surface area contributed by atoms with Crippen molar-refractivity contribution in [2.75, 3.05) is 24.3 Å². The summed E-state index contributed by atoms with van der Waals surface area (Å²) in [5.74, 6) is 0. The molecule has 0 aliphatic carbocycles. The van der Waals surface area contributed by atoms with Crippen LogP contribution in [0.1, 0.15) is 10.4 Å². The average Bonchev–Trinajstić information content (AvgIpc) is 2.84. The number of hydrogen-bond acceptors (Lipinski definition) is 4. The second-order valence-electron chi connectivity index (χ2n) is 4.21. The number of benzene rings is 1. The lowest BCUT2D eigenvalue weighted by Gasteiger charge is -2.14. The van der Waals surface area contributed by atoms with E-state index in [0.29, 0.717) is 0 Å². The third kappa shape index (κ3) is 3.02. The summed E-state index contributed by atoms with van der Waals surface area (Å²) < 4.78 is 0. The lowest BCUT2D eigenvalue weighted by molar-refractivity contribution is 1.12. The first kappa shape index (κ1) is 12.5. The highest BCUT2D eigenvalue weighted by Crippen LogP contribution is 2.19. The molecule has 0 radical (unpaired) electrons. The first-order chi connectivity index (χ1) is 8.69. The fourth-order valence-electron chi connectivity index (χ4n) is 1.62. The molecule has 92 valence electrons. The molecule has 18 heavy (non-hydrogen) atoms. The van der Waals surface area contributed by atoms with Gasteiger partial charge in [-0.2, -0.15) is 5.26 Å². The van der Waals surface area contributed by atoms with E-state index in [1.165, 1.54) is 10.6 Å². The van der Waals surface area contributed by atoms with Gasteiger partial charge in [-0.15, -0.1) is 11.3 Å². The zero-order valence-corrected chi connectivity index (χ0v) is 11.3. The van der Waals surface area contributed by atoms with Crippen molar-refractivity contribution in [3.8, 4) is 6.07 Å². The minimum absolute atomic E-state index is 0.735. The summed E-state index contributed by atoms with van der Waals surface area (Å²) in [5, 5.41) is 14.0. The van der Waals surface area contributed by atoms with Gasteiger partial charge in [0.05, 0.1) is 5.56 Å². The van der Waals surface area contributed by atoms with Gasteiger partial charge in [-0.3, -0.25) is 0 Å². The first-order valence-corrected chi connectivity index (χ1v) is 6.56. The molecule has 0 unspecified atom stereocenters. The zero-order valence-electron chi connectivity index (χ0n) is 10.5. The van der Waals surface area contributed by atoms with Crippen molar-refractivity contribution in [3.05, 3.63) is 46.2 Å². The molecule has 2 aromatic rings. The highest BCUT2D eigenvalue weighted by Gasteiger charge is 2.00. The topological polar surface area (TPSA) is 39.1 Å². The van der Waals surface area contributed by atoms with Crippen LogP contribution in [0.3, 0.4) is 0 Å². The number of nitrogens with one attached hydrogen (secondary N) is 1. The maximum absolute atomic E-state index is 8.76. The summed E-state index contributed by atoms with van der Waals surface area (Å²) in [6, 6.07) is 12.3. The van der Waals surface area contributed by atoms with Crippen molar-refractivity contribution in [1.82, 2.24) is 0 Å². The Morgan fingerprint density at radius 2 is 2.17 bits per heavy atom. The number of nitriles is 1. The summed E-state index contributed by atoms with van der Waals surface area (Å²) in [7, 11) is 4.05. The van der Waals surface area contributed by atoms with Gasteiger partial charge in [0.2, 0.25) is 0 Å². The molecule has 0 bridgehead atoms. The SMILES string of the molecule is CN(C)c1cccc(NCc2cc(C#N)cs2)c1. The molecule has 1 aromatic carbocycles. The predicted octanol–water partition coefficient (Wildman–Crippen LogP) is 3.30. The Morgan fingerprint density at radius 3 is 2.83 bits per heavy atom. The molecule has 1 N–H and O–H groups in total. The van der Waals surface area contributed by atoms with E-state index >= 15 is 0 Å². The Morgan fingerprint density at radius 1 is 1.33 bits per heavy atom. The Kier molecular flexibility index (Phi) is 3.85. The molecule has 0 amide bonds. The van der Waals surface area contributed by atoms with Crippen molar-refractivity contribution in [1.29, 1.82) is 5.26 Å². The minimum atomic E-state index is 0.735. The van der Waals surface area contributed by atoms with Crippen molar-refractivity contribution in [2.45, 2.75) is 6.54 Å². The zero-order chi connectivity index (χ0) is 13.0. The van der Waals surface area contributed by atoms with Crippen LogP contribution >= 0.6 is 11.3 Å². The second kappa shape index (κ2) is 5.56. The van der Waals surface area contributed by atoms with Gasteiger partial charge in [0.1, 0.15) is 6.07 Å². The monoisotopic (exact) mass is 257 g/mol. The minimum Gasteiger partial charge on any atom is -0.380 e. The quantitative estimate of drug-likeness (QED) is 0.913. The lowest BCUT2D eigenvalue weighted by Crippen LogP contribution is -2.08. The van der Waals surface area contributed by atoms with Crippen LogP contribution in [0.5, 0.6) is 0 Å². The fourth-order valence-corrected chi connectivity index (χ4v) is 2.36. The number of nitrogens with zero attached hydrogens (tertiary/aromatic N) is 2. The Hall–Kier alpha value is -1.99. The van der Waals surface area contributed by atoms with Crippen LogP contribution in [0, 0.1) is 11.3 Å². The summed E-state index contributed by atoms with van der Waals surface area (Å²) in [6.07, 6.45) is 0. The molecule has 3 nitrogen and oxygen atoms in total. The molecule has 2 rings (SSSR count). The van der Waals surface area contributed by atoms with Crippen molar-refractivity contribution in [3.63, 3.8) is 0 Å². The van der Waals surface area contributed by atoms with Crippen LogP contribution < -0.4 is 10.2 Å². The molecule has 0 aliphatic heterocycles. The van der Waals surface area contributed by atoms with Crippen LogP contribution in [-0.2, 0) is 6.54 Å². The van der Waals surface area contributed by atoms with Crippen LogP contribution in [0.2, 0.25) is 0 Å². The molecule has 0 fully saturated rings. The normalized spacial score (nSPS) is 9.83. The summed E-state index contributed by atoms with van der Waals surface area (Å²) in [4.78, 5) is 3.24. The average molecular weight is 257 g/mol. The van der Waals surface area contributed by atoms with Gasteiger partial charge in [0.15, 0.2) is 0 Å². The van der Waals surface area contributed by atoms with Gasteiger partial charge in [0, 0.05) is 42.3 Å². The summed E-state index contributed by atoms with van der Waals surface area (Å²) in [5.41, 5.74) is 3.00. The van der Waals surface area contributed by atoms with E-state index in [9.17, 15) is 0 Å². The van der Waals surface area contributed by atoms with Gasteiger partial charge in [-0.05, 0) is 24.3 Å². The van der Waals surface area contributed by atoms with Gasteiger partial charge < -0.3 is 10.2 Å². The van der Waals surface area contributed by atoms with Gasteiger partial charge in [-0.25, -0.2) is 0 Å². The maximum atomic E-state index is 8.76. The lowest BCUT2D eigenvalue weighted by atomic mass is 10.2. The van der Waals surface area contributed by atoms with Gasteiger partial charge in [-0.1, -0.05) is 6.07 Å². The second-order valence-corrected chi connectivity index (χ2v) is 5.21. The molecular weight excluding hydrogens is 242 g/mol. The summed E-state index contributed by atoms with van der Waals surface area (Å²) in [6.45, 7) is 0.753. The molecule has 0 atom stereocenters. The molecular formula is C14H15N3S. The van der Waals surface area contributed by atoms with Crippen molar-refractivity contribution in [2.24, 2.45) is 0 Å². The first-order valence-electron chi connectivity index (χ1n) is 5.68. The molecule has 0 saturated heterocycles. The highest BCUT2D eigenvalue weighted by molar-refractivity contribution is 7.10. The van der Waals surface area contributed by atoms with Crippen molar-refractivity contribution >= 4 is 22.7 Å². The molecule has 0 spiro atoms. The number of anilines is 2. The van der Waals surface area contributed by atoms with E-state index in [-0.39, 0.29) is 0 Å². The van der Waals surface area contributed by atoms with Crippen molar-refractivity contribution < 1.29 is 0 Å². The fraction of sp³-hybridized carbons (Fsp3) is 0.214. The maximum Gasteiger partial charge on any atom is 0.100 e. The molecule has 4 heteroatoms. The third-order valence-electron chi connectivity index (χ3n) is 2.61. The number of hydrogen-bond donors (Lipinski definition) is 1. The van der Waals surface area contributed by atoms with Gasteiger partial charge in [0.25, 0.3) is 0 Å². The standard InChI is InChI=1S/C14H15N3S/c1-17(2)13-5-3-4-12(7-13)16-9-14-6-11(8-15)10-18-14/h3-7,10,16H,9H2,1-2H3. The Balaban J connectivity index is 2.02. The molecule has 1 heterocycles. The highest BCUT2D eigenvalue weighted by atomic mass is 32.1. The van der Waals surface area contributed by atoms with Crippen LogP contribution in [0.15, 0.2) is 35.7 Å². The van der Waals surface area contributed by atoms with E-state index in [2.05, 4.69) is 28.4 Å². The molecule has 1 aromatic heterocycles. The largest absolute Gasteiger partial charge is 0.380 e. The molecule has 0 aliphatic rings. The van der Waals surface area contributed by atoms with E-state index < -0.39 is 0 Å². The molecule has 0 saturated carbocycles. The summed E-state index contributed by atoms with van der Waals surface area (Å²) >= 11 is 1.61. The number of rotatable bonds is 4. The van der Waals surface area contributed by atoms with E-state index in [1.54, 1.807) is 11.3 Å². The predicted molar refractivity (Wildman–Crippen MR) is 77.1 cm³/mol. The third-order valence-corrected chi connectivity index (χ3v) is 3.55. The Bertz CT molecular complexity index is 566. The number of thiophene rings is 1. The smallest absolute Gasteiger partial charge is 0.100 e. The van der Waals surface area contributed by atoms with Crippen LogP contribution in [0.25, 0.3) is 0 Å². The Labute approximate surface area is 111 Å². The van der Waals surface area contributed by atoms with E-state index in [4.69, 9.17) is 5.26 Å². The van der Waals surface area contributed by atoms with Gasteiger partial charge >= 0.3 is 0 Å². The van der Waals surface area contributed by atoms with E-state index in [1.807, 2.05) is 37.7 Å².